The van der Waals surface area contributed by atoms with E-state index in [1.807, 2.05) is 13.8 Å². The Kier molecular flexibility index (Phi) is 6.55. The fourth-order valence-electron chi connectivity index (χ4n) is 3.27. The summed E-state index contributed by atoms with van der Waals surface area (Å²) >= 11 is 6.34. The van der Waals surface area contributed by atoms with Crippen molar-refractivity contribution in [3.63, 3.8) is 0 Å². The summed E-state index contributed by atoms with van der Waals surface area (Å²) in [6, 6.07) is 3.90. The number of carbonyl (C=O) groups excluding carboxylic acids is 1. The van der Waals surface area contributed by atoms with Crippen molar-refractivity contribution in [2.24, 2.45) is 0 Å². The number of ketones is 1. The van der Waals surface area contributed by atoms with Crippen molar-refractivity contribution in [1.82, 2.24) is 25.0 Å². The highest BCUT2D eigenvalue weighted by atomic mass is 35.5. The van der Waals surface area contributed by atoms with Crippen molar-refractivity contribution in [1.29, 1.82) is 5.26 Å². The molecule has 0 bridgehead atoms. The number of ether oxygens (including phenoxy) is 1. The molecule has 30 heavy (non-hydrogen) atoms. The van der Waals surface area contributed by atoms with Crippen molar-refractivity contribution in [3.05, 3.63) is 63.3 Å². The zero-order valence-electron chi connectivity index (χ0n) is 17.2. The lowest BCUT2D eigenvalue weighted by Crippen LogP contribution is -2.14. The molecule has 1 atom stereocenters. The van der Waals surface area contributed by atoms with E-state index >= 15 is 0 Å². The zero-order valence-corrected chi connectivity index (χ0v) is 17.9. The van der Waals surface area contributed by atoms with Gasteiger partial charge in [0.1, 0.15) is 11.9 Å². The largest absolute Gasteiger partial charge is 0.377 e. The molecule has 3 heterocycles. The molecular weight excluding hydrogens is 404 g/mol. The quantitative estimate of drug-likeness (QED) is 0.572. The molecule has 0 aromatic carbocycles. The molecule has 0 aliphatic heterocycles. The van der Waals surface area contributed by atoms with E-state index in [4.69, 9.17) is 16.3 Å². The van der Waals surface area contributed by atoms with E-state index in [9.17, 15) is 10.1 Å². The molecule has 3 rings (SSSR count). The Morgan fingerprint density at radius 1 is 1.23 bits per heavy atom. The number of Topliss-reactive ketones (excluding diaryl/α,β-unsaturated/α-hetero) is 1. The van der Waals surface area contributed by atoms with E-state index in [0.717, 1.165) is 5.56 Å². The number of halogens is 1. The van der Waals surface area contributed by atoms with Crippen LogP contribution < -0.4 is 0 Å². The van der Waals surface area contributed by atoms with Crippen LogP contribution in [0.4, 0.5) is 0 Å². The highest BCUT2D eigenvalue weighted by molar-refractivity contribution is 6.32. The maximum atomic E-state index is 12.9. The third-order valence-corrected chi connectivity index (χ3v) is 5.18. The van der Waals surface area contributed by atoms with Crippen LogP contribution in [0.3, 0.4) is 0 Å². The Labute approximate surface area is 179 Å². The van der Waals surface area contributed by atoms with Gasteiger partial charge in [0.2, 0.25) is 0 Å². The van der Waals surface area contributed by atoms with Gasteiger partial charge < -0.3 is 4.74 Å². The number of nitriles is 1. The van der Waals surface area contributed by atoms with Gasteiger partial charge in [0, 0.05) is 37.4 Å². The molecule has 0 aliphatic carbocycles. The van der Waals surface area contributed by atoms with Crippen LogP contribution in [0, 0.1) is 25.2 Å². The number of nitrogens with zero attached hydrogens (tertiary/aromatic N) is 6. The molecule has 0 radical (unpaired) electrons. The zero-order chi connectivity index (χ0) is 21.8. The Bertz CT molecular complexity index is 1120. The topological polar surface area (TPSA) is 107 Å². The average molecular weight is 425 g/mol. The summed E-state index contributed by atoms with van der Waals surface area (Å²) in [7, 11) is 1.57. The smallest absolute Gasteiger partial charge is 0.193 e. The van der Waals surface area contributed by atoms with Crippen molar-refractivity contribution in [2.75, 3.05) is 7.11 Å². The molecule has 0 aliphatic rings. The number of carbonyl (C=O) groups is 1. The van der Waals surface area contributed by atoms with E-state index in [1.54, 1.807) is 26.3 Å². The van der Waals surface area contributed by atoms with E-state index in [-0.39, 0.29) is 24.7 Å². The molecule has 3 aromatic rings. The highest BCUT2D eigenvalue weighted by Crippen LogP contribution is 2.27. The molecule has 154 valence electrons. The van der Waals surface area contributed by atoms with Gasteiger partial charge >= 0.3 is 0 Å². The van der Waals surface area contributed by atoms with Gasteiger partial charge in [-0.25, -0.2) is 4.98 Å². The van der Waals surface area contributed by atoms with Crippen molar-refractivity contribution in [3.8, 4) is 11.9 Å². The Morgan fingerprint density at radius 2 is 1.90 bits per heavy atom. The Morgan fingerprint density at radius 3 is 2.53 bits per heavy atom. The fraction of sp³-hybridized carbons (Fsp3) is 0.333. The molecule has 0 spiro atoms. The van der Waals surface area contributed by atoms with E-state index < -0.39 is 0 Å². The van der Waals surface area contributed by atoms with Crippen LogP contribution in [0.5, 0.6) is 0 Å². The van der Waals surface area contributed by atoms with Gasteiger partial charge in [0.15, 0.2) is 5.82 Å². The second-order valence-corrected chi connectivity index (χ2v) is 7.30. The molecule has 0 saturated heterocycles. The molecule has 9 heteroatoms. The molecule has 0 unspecified atom stereocenters. The highest BCUT2D eigenvalue weighted by Gasteiger charge is 2.21. The average Bonchev–Trinajstić information content (AvgIpc) is 3.25. The molecule has 0 N–H and O–H groups in total. The first kappa shape index (κ1) is 21.6. The molecule has 3 aromatic heterocycles. The number of methoxy groups -OCH3 is 1. The van der Waals surface area contributed by atoms with Crippen LogP contribution in [0.1, 0.15) is 46.7 Å². The van der Waals surface area contributed by atoms with Crippen LogP contribution in [-0.2, 0) is 22.4 Å². The fourth-order valence-corrected chi connectivity index (χ4v) is 3.52. The second kappa shape index (κ2) is 9.11. The summed E-state index contributed by atoms with van der Waals surface area (Å²) < 4.78 is 5.43. The van der Waals surface area contributed by atoms with Crippen molar-refractivity contribution < 1.29 is 9.53 Å². The number of hydrogen-bond donors (Lipinski definition) is 0. The van der Waals surface area contributed by atoms with Crippen LogP contribution in [0.25, 0.3) is 5.82 Å². The summed E-state index contributed by atoms with van der Waals surface area (Å²) in [5, 5.41) is 18.0. The van der Waals surface area contributed by atoms with Crippen LogP contribution >= 0.6 is 11.6 Å². The van der Waals surface area contributed by atoms with E-state index in [1.165, 1.54) is 17.2 Å². The van der Waals surface area contributed by atoms with E-state index in [0.29, 0.717) is 38.9 Å². The summed E-state index contributed by atoms with van der Waals surface area (Å²) in [4.78, 5) is 22.9. The summed E-state index contributed by atoms with van der Waals surface area (Å²) in [6.45, 7) is 5.42. The van der Waals surface area contributed by atoms with Gasteiger partial charge in [-0.05, 0) is 38.0 Å². The number of aromatic nitrogens is 5. The Balaban J connectivity index is 1.87. The van der Waals surface area contributed by atoms with Crippen LogP contribution in [0.15, 0.2) is 24.7 Å². The SMILES string of the molecule is CO[C@H](C)c1c(CC(=O)Cc2cc(Cl)c(-n3nccn3)nc2C)cnc(C)c1C#N. The van der Waals surface area contributed by atoms with E-state index in [2.05, 4.69) is 26.2 Å². The standard InChI is InChI=1S/C21H21ClN6O2/c1-12-15(9-19(22)21(27-12)28-25-5-6-26-28)7-17(29)8-16-11-24-13(2)18(10-23)20(16)14(3)30-4/h5-6,9,11,14H,7-8H2,1-4H3/t14-/m1/s1. The number of hydrogen-bond acceptors (Lipinski definition) is 7. The van der Waals surface area contributed by atoms with Crippen LogP contribution in [0.2, 0.25) is 5.02 Å². The first-order valence-corrected chi connectivity index (χ1v) is 9.69. The predicted octanol–water partition coefficient (Wildman–Crippen LogP) is 3.26. The predicted molar refractivity (Wildman–Crippen MR) is 110 cm³/mol. The maximum Gasteiger partial charge on any atom is 0.193 e. The second-order valence-electron chi connectivity index (χ2n) is 6.90. The van der Waals surface area contributed by atoms with Gasteiger partial charge in [-0.2, -0.15) is 15.5 Å². The van der Waals surface area contributed by atoms with Crippen molar-refractivity contribution in [2.45, 2.75) is 39.7 Å². The lowest BCUT2D eigenvalue weighted by Gasteiger charge is -2.17. The third-order valence-electron chi connectivity index (χ3n) is 4.90. The lowest BCUT2D eigenvalue weighted by atomic mass is 9.93. The normalized spacial score (nSPS) is 11.9. The molecule has 0 saturated carbocycles. The first-order chi connectivity index (χ1) is 14.3. The van der Waals surface area contributed by atoms with Gasteiger partial charge in [0.05, 0.1) is 34.8 Å². The number of aryl methyl sites for hydroxylation is 2. The monoisotopic (exact) mass is 424 g/mol. The van der Waals surface area contributed by atoms with Gasteiger partial charge in [-0.1, -0.05) is 11.6 Å². The third kappa shape index (κ3) is 4.37. The van der Waals surface area contributed by atoms with Crippen molar-refractivity contribution >= 4 is 17.4 Å². The summed E-state index contributed by atoms with van der Waals surface area (Å²) in [5.74, 6) is 0.369. The molecular formula is C21H21ClN6O2. The molecule has 0 amide bonds. The minimum Gasteiger partial charge on any atom is -0.377 e. The Hall–Kier alpha value is -3.15. The summed E-state index contributed by atoms with van der Waals surface area (Å²) in [5.41, 5.74) is 3.85. The minimum atomic E-state index is -0.331. The number of rotatable bonds is 7. The van der Waals surface area contributed by atoms with Gasteiger partial charge in [-0.15, -0.1) is 4.80 Å². The molecule has 0 fully saturated rings. The van der Waals surface area contributed by atoms with Gasteiger partial charge in [-0.3, -0.25) is 9.78 Å². The minimum absolute atomic E-state index is 0.0416. The molecule has 8 nitrogen and oxygen atoms in total. The maximum absolute atomic E-state index is 12.9. The van der Waals surface area contributed by atoms with Crippen LogP contribution in [-0.4, -0.2) is 37.9 Å². The lowest BCUT2D eigenvalue weighted by molar-refractivity contribution is -0.117. The van der Waals surface area contributed by atoms with Gasteiger partial charge in [0.25, 0.3) is 0 Å². The summed E-state index contributed by atoms with van der Waals surface area (Å²) in [6.07, 6.45) is 4.67. The number of pyridine rings is 2. The first-order valence-electron chi connectivity index (χ1n) is 9.31.